The number of piperidine rings is 1. The number of amides is 1. The van der Waals surface area contributed by atoms with Gasteiger partial charge in [0.25, 0.3) is 0 Å². The summed E-state index contributed by atoms with van der Waals surface area (Å²) >= 11 is 0. The van der Waals surface area contributed by atoms with Gasteiger partial charge in [-0.2, -0.15) is 0 Å². The average molecular weight is 329 g/mol. The van der Waals surface area contributed by atoms with Crippen LogP contribution in [-0.2, 0) is 9.59 Å². The Balaban J connectivity index is 1.91. The third-order valence-corrected chi connectivity index (χ3v) is 5.71. The zero-order valence-corrected chi connectivity index (χ0v) is 14.1. The summed E-state index contributed by atoms with van der Waals surface area (Å²) in [7, 11) is 0. The Hall–Kier alpha value is -2.04. The first-order chi connectivity index (χ1) is 11.6. The molecule has 4 atom stereocenters. The summed E-state index contributed by atoms with van der Waals surface area (Å²) in [6, 6.07) is 5.80. The van der Waals surface area contributed by atoms with E-state index < -0.39 is 11.6 Å². The molecule has 1 saturated heterocycles. The van der Waals surface area contributed by atoms with Gasteiger partial charge in [0.15, 0.2) is 17.2 Å². The van der Waals surface area contributed by atoms with E-state index in [9.17, 15) is 9.59 Å². The van der Waals surface area contributed by atoms with Gasteiger partial charge in [0, 0.05) is 23.8 Å². The first-order valence-corrected chi connectivity index (χ1v) is 8.84. The summed E-state index contributed by atoms with van der Waals surface area (Å²) in [4.78, 5) is 24.9. The van der Waals surface area contributed by atoms with Crippen molar-refractivity contribution in [3.05, 3.63) is 23.8 Å². The van der Waals surface area contributed by atoms with Crippen molar-refractivity contribution in [1.82, 2.24) is 5.32 Å². The van der Waals surface area contributed by atoms with E-state index in [0.29, 0.717) is 18.1 Å². The highest BCUT2D eigenvalue weighted by Gasteiger charge is 2.60. The van der Waals surface area contributed by atoms with Crippen LogP contribution in [0.15, 0.2) is 18.2 Å². The Kier molecular flexibility index (Phi) is 3.55. The molecule has 1 N–H and O–H groups in total. The Morgan fingerprint density at radius 1 is 1.42 bits per heavy atom. The number of fused-ring (bicyclic) bond motifs is 2. The largest absolute Gasteiger partial charge is 0.490 e. The Morgan fingerprint density at radius 3 is 3.00 bits per heavy atom. The molecule has 0 spiro atoms. The van der Waals surface area contributed by atoms with Gasteiger partial charge in [-0.05, 0) is 32.8 Å². The Morgan fingerprint density at radius 2 is 2.25 bits per heavy atom. The molecule has 5 nitrogen and oxygen atoms in total. The fourth-order valence-electron chi connectivity index (χ4n) is 4.82. The average Bonchev–Trinajstić information content (AvgIpc) is 2.54. The molecular formula is C19H23NO4. The van der Waals surface area contributed by atoms with Crippen LogP contribution >= 0.6 is 0 Å². The Labute approximate surface area is 141 Å². The van der Waals surface area contributed by atoms with E-state index in [-0.39, 0.29) is 23.5 Å². The molecule has 5 heteroatoms. The highest BCUT2D eigenvalue weighted by Crippen LogP contribution is 2.57. The first-order valence-electron chi connectivity index (χ1n) is 8.84. The fourth-order valence-corrected chi connectivity index (χ4v) is 4.82. The van der Waals surface area contributed by atoms with Gasteiger partial charge in [0.1, 0.15) is 11.7 Å². The quantitative estimate of drug-likeness (QED) is 0.866. The van der Waals surface area contributed by atoms with E-state index in [4.69, 9.17) is 9.47 Å². The van der Waals surface area contributed by atoms with Gasteiger partial charge < -0.3 is 14.8 Å². The minimum Gasteiger partial charge on any atom is -0.490 e. The highest BCUT2D eigenvalue weighted by molar-refractivity contribution is 6.02. The van der Waals surface area contributed by atoms with E-state index in [2.05, 4.69) is 5.32 Å². The van der Waals surface area contributed by atoms with Crippen molar-refractivity contribution >= 4 is 11.7 Å². The molecule has 4 rings (SSSR count). The summed E-state index contributed by atoms with van der Waals surface area (Å²) in [5, 5.41) is 3.07. The van der Waals surface area contributed by atoms with E-state index in [0.717, 1.165) is 31.2 Å². The van der Waals surface area contributed by atoms with Crippen molar-refractivity contribution in [2.24, 2.45) is 11.8 Å². The van der Waals surface area contributed by atoms with Crippen LogP contribution in [0.1, 0.15) is 51.0 Å². The molecule has 2 aliphatic heterocycles. The second-order valence-electron chi connectivity index (χ2n) is 7.05. The number of Topliss-reactive ketones (excluding diaryl/α,β-unsaturated/α-hetero) is 1. The Bertz CT molecular complexity index is 701. The number of carbonyl (C=O) groups excluding carboxylic acids is 2. The molecule has 2 heterocycles. The summed E-state index contributed by atoms with van der Waals surface area (Å²) in [5.74, 6) is 0.503. The van der Waals surface area contributed by atoms with Crippen molar-refractivity contribution in [3.63, 3.8) is 0 Å². The van der Waals surface area contributed by atoms with Gasteiger partial charge in [-0.15, -0.1) is 0 Å². The van der Waals surface area contributed by atoms with Gasteiger partial charge in [-0.25, -0.2) is 0 Å². The zero-order chi connectivity index (χ0) is 16.9. The topological polar surface area (TPSA) is 64.6 Å². The number of rotatable bonds is 3. The monoisotopic (exact) mass is 329 g/mol. The summed E-state index contributed by atoms with van der Waals surface area (Å²) in [5.41, 5.74) is 0.255. The highest BCUT2D eigenvalue weighted by atomic mass is 16.5. The van der Waals surface area contributed by atoms with Crippen molar-refractivity contribution < 1.29 is 19.1 Å². The van der Waals surface area contributed by atoms with Crippen molar-refractivity contribution in [1.29, 1.82) is 0 Å². The van der Waals surface area contributed by atoms with Crippen LogP contribution in [0.5, 0.6) is 11.5 Å². The SMILES string of the molecule is CCOc1cccc2c1O[C@@]13CCCC[C@H]1[C@@H]2[C@H](C(C)=O)C(=O)N3. The predicted octanol–water partition coefficient (Wildman–Crippen LogP) is 2.78. The minimum atomic E-state index is -0.688. The third-order valence-electron chi connectivity index (χ3n) is 5.71. The normalized spacial score (nSPS) is 33.6. The maximum Gasteiger partial charge on any atom is 0.234 e. The van der Waals surface area contributed by atoms with Crippen molar-refractivity contribution in [2.45, 2.75) is 51.2 Å². The van der Waals surface area contributed by atoms with E-state index in [1.54, 1.807) is 0 Å². The van der Waals surface area contributed by atoms with Crippen LogP contribution in [0.4, 0.5) is 0 Å². The molecule has 3 aliphatic rings. The number of para-hydroxylation sites is 1. The molecule has 24 heavy (non-hydrogen) atoms. The predicted molar refractivity (Wildman–Crippen MR) is 88.0 cm³/mol. The molecule has 1 aliphatic carbocycles. The molecule has 1 saturated carbocycles. The fraction of sp³-hybridized carbons (Fsp3) is 0.579. The molecule has 0 radical (unpaired) electrons. The van der Waals surface area contributed by atoms with Gasteiger partial charge in [-0.1, -0.05) is 18.6 Å². The lowest BCUT2D eigenvalue weighted by molar-refractivity contribution is -0.161. The smallest absolute Gasteiger partial charge is 0.234 e. The number of ether oxygens (including phenoxy) is 2. The van der Waals surface area contributed by atoms with Gasteiger partial charge in [0.2, 0.25) is 5.91 Å². The van der Waals surface area contributed by atoms with E-state index in [1.165, 1.54) is 6.92 Å². The van der Waals surface area contributed by atoms with E-state index >= 15 is 0 Å². The number of nitrogens with one attached hydrogen (secondary N) is 1. The van der Waals surface area contributed by atoms with Crippen LogP contribution in [0.3, 0.4) is 0 Å². The lowest BCUT2D eigenvalue weighted by atomic mass is 9.61. The molecule has 1 aromatic rings. The molecular weight excluding hydrogens is 306 g/mol. The van der Waals surface area contributed by atoms with Gasteiger partial charge in [-0.3, -0.25) is 9.59 Å². The van der Waals surface area contributed by atoms with Crippen LogP contribution < -0.4 is 14.8 Å². The maximum absolute atomic E-state index is 12.7. The van der Waals surface area contributed by atoms with Crippen molar-refractivity contribution in [2.75, 3.05) is 6.61 Å². The lowest BCUT2D eigenvalue weighted by Crippen LogP contribution is -2.69. The number of benzene rings is 1. The molecule has 2 fully saturated rings. The van der Waals surface area contributed by atoms with Crippen LogP contribution in [0.25, 0.3) is 0 Å². The second kappa shape index (κ2) is 5.50. The van der Waals surface area contributed by atoms with Crippen LogP contribution in [0, 0.1) is 11.8 Å². The van der Waals surface area contributed by atoms with Gasteiger partial charge in [0.05, 0.1) is 6.61 Å². The first kappa shape index (κ1) is 15.5. The maximum atomic E-state index is 12.7. The number of ketones is 1. The summed E-state index contributed by atoms with van der Waals surface area (Å²) in [6.45, 7) is 4.00. The molecule has 1 amide bonds. The number of hydrogen-bond acceptors (Lipinski definition) is 4. The standard InChI is InChI=1S/C19H23NO4/c1-3-23-14-9-6-7-12-16-13-8-4-5-10-19(13,24-17(12)14)20-18(22)15(16)11(2)21/h6-7,9,13,15-16H,3-5,8,10H2,1-2H3,(H,20,22)/t13-,15-,16+,19-/m0/s1. The zero-order valence-electron chi connectivity index (χ0n) is 14.1. The molecule has 1 aromatic carbocycles. The van der Waals surface area contributed by atoms with Crippen molar-refractivity contribution in [3.8, 4) is 11.5 Å². The molecule has 0 unspecified atom stereocenters. The summed E-state index contributed by atoms with van der Waals surface area (Å²) in [6.07, 6.45) is 3.87. The third kappa shape index (κ3) is 2.06. The second-order valence-corrected chi connectivity index (χ2v) is 7.05. The van der Waals surface area contributed by atoms with Gasteiger partial charge >= 0.3 is 0 Å². The molecule has 2 bridgehead atoms. The lowest BCUT2D eigenvalue weighted by Gasteiger charge is -2.56. The minimum absolute atomic E-state index is 0.0775. The van der Waals surface area contributed by atoms with Crippen LogP contribution in [0.2, 0.25) is 0 Å². The number of hydrogen-bond donors (Lipinski definition) is 1. The molecule has 128 valence electrons. The van der Waals surface area contributed by atoms with Crippen LogP contribution in [-0.4, -0.2) is 24.0 Å². The van der Waals surface area contributed by atoms with E-state index in [1.807, 2.05) is 25.1 Å². The summed E-state index contributed by atoms with van der Waals surface area (Å²) < 4.78 is 12.2. The molecule has 0 aromatic heterocycles. The number of carbonyl (C=O) groups is 2.